The number of rotatable bonds is 7. The number of benzene rings is 2. The lowest BCUT2D eigenvalue weighted by Gasteiger charge is -2.11. The maximum atomic E-state index is 13.0. The van der Waals surface area contributed by atoms with Gasteiger partial charge in [0.1, 0.15) is 0 Å². The minimum Gasteiger partial charge on any atom is -0.452 e. The molecule has 0 radical (unpaired) electrons. The summed E-state index contributed by atoms with van der Waals surface area (Å²) in [6, 6.07) is 19.2. The van der Waals surface area contributed by atoms with E-state index >= 15 is 0 Å². The van der Waals surface area contributed by atoms with E-state index in [2.05, 4.69) is 10.4 Å². The third-order valence-electron chi connectivity index (χ3n) is 5.42. The topological polar surface area (TPSA) is 86.1 Å². The van der Waals surface area contributed by atoms with Crippen molar-refractivity contribution in [3.05, 3.63) is 83.6 Å². The van der Waals surface area contributed by atoms with E-state index < -0.39 is 5.97 Å². The van der Waals surface area contributed by atoms with Crippen LogP contribution < -0.4 is 5.32 Å². The Hall–Kier alpha value is -4.00. The van der Waals surface area contributed by atoms with E-state index in [-0.39, 0.29) is 18.6 Å². The predicted molar refractivity (Wildman–Crippen MR) is 127 cm³/mol. The quantitative estimate of drug-likeness (QED) is 0.427. The van der Waals surface area contributed by atoms with Crippen LogP contribution in [0.25, 0.3) is 22.3 Å². The van der Waals surface area contributed by atoms with Crippen molar-refractivity contribution in [3.63, 3.8) is 0 Å². The van der Waals surface area contributed by atoms with E-state index in [0.717, 1.165) is 16.7 Å². The first-order valence-electron chi connectivity index (χ1n) is 10.9. The molecule has 0 saturated carbocycles. The van der Waals surface area contributed by atoms with Crippen LogP contribution in [0.3, 0.4) is 0 Å². The Bertz CT molecular complexity index is 1300. The first kappa shape index (κ1) is 22.2. The number of pyridine rings is 1. The molecule has 0 unspecified atom stereocenters. The number of carbonyl (C=O) groups excluding carboxylic acids is 2. The van der Waals surface area contributed by atoms with Crippen molar-refractivity contribution in [1.82, 2.24) is 20.1 Å². The molecule has 1 amide bonds. The summed E-state index contributed by atoms with van der Waals surface area (Å²) in [7, 11) is 0. The maximum Gasteiger partial charge on any atom is 0.339 e. The summed E-state index contributed by atoms with van der Waals surface area (Å²) in [4.78, 5) is 30.0. The van der Waals surface area contributed by atoms with Gasteiger partial charge in [0.05, 0.1) is 22.8 Å². The summed E-state index contributed by atoms with van der Waals surface area (Å²) in [5.74, 6) is -0.952. The highest BCUT2D eigenvalue weighted by molar-refractivity contribution is 6.04. The van der Waals surface area contributed by atoms with Crippen molar-refractivity contribution in [3.8, 4) is 11.3 Å². The number of nitrogens with zero attached hydrogens (tertiary/aromatic N) is 3. The molecular weight excluding hydrogens is 416 g/mol. The molecule has 1 N–H and O–H groups in total. The molecule has 0 aliphatic carbocycles. The lowest BCUT2D eigenvalue weighted by Crippen LogP contribution is -2.28. The zero-order valence-electron chi connectivity index (χ0n) is 18.9. The van der Waals surface area contributed by atoms with E-state index in [1.54, 1.807) is 16.9 Å². The summed E-state index contributed by atoms with van der Waals surface area (Å²) in [6.45, 7) is 5.99. The Labute approximate surface area is 192 Å². The Balaban J connectivity index is 1.54. The van der Waals surface area contributed by atoms with Gasteiger partial charge in [-0.15, -0.1) is 0 Å². The SMILES string of the molecule is Cc1ccccc1CNC(=O)COC(=O)c1cc(-c2ccccc2)nc2c1cnn2C(C)C. The van der Waals surface area contributed by atoms with Crippen LogP contribution in [-0.4, -0.2) is 33.2 Å². The van der Waals surface area contributed by atoms with Crippen LogP contribution in [0.4, 0.5) is 0 Å². The number of amides is 1. The second-order valence-corrected chi connectivity index (χ2v) is 8.12. The molecule has 7 nitrogen and oxygen atoms in total. The van der Waals surface area contributed by atoms with Crippen LogP contribution in [0.1, 0.15) is 41.4 Å². The average Bonchev–Trinajstić information content (AvgIpc) is 3.26. The zero-order chi connectivity index (χ0) is 23.4. The lowest BCUT2D eigenvalue weighted by atomic mass is 10.1. The van der Waals surface area contributed by atoms with Crippen molar-refractivity contribution in [2.45, 2.75) is 33.4 Å². The third-order valence-corrected chi connectivity index (χ3v) is 5.42. The van der Waals surface area contributed by atoms with Gasteiger partial charge in [0.25, 0.3) is 5.91 Å². The number of hydrogen-bond acceptors (Lipinski definition) is 5. The molecule has 4 aromatic rings. The Morgan fingerprint density at radius 1 is 1.06 bits per heavy atom. The van der Waals surface area contributed by atoms with Crippen LogP contribution >= 0.6 is 0 Å². The number of nitrogens with one attached hydrogen (secondary N) is 1. The lowest BCUT2D eigenvalue weighted by molar-refractivity contribution is -0.124. The normalized spacial score (nSPS) is 11.0. The third kappa shape index (κ3) is 4.92. The Morgan fingerprint density at radius 3 is 2.52 bits per heavy atom. The van der Waals surface area contributed by atoms with Gasteiger partial charge >= 0.3 is 5.97 Å². The van der Waals surface area contributed by atoms with Crippen LogP contribution in [0, 0.1) is 6.92 Å². The van der Waals surface area contributed by atoms with E-state index in [1.165, 1.54) is 0 Å². The van der Waals surface area contributed by atoms with Crippen molar-refractivity contribution >= 4 is 22.9 Å². The van der Waals surface area contributed by atoms with Gasteiger partial charge in [-0.05, 0) is 38.0 Å². The summed E-state index contributed by atoms with van der Waals surface area (Å²) >= 11 is 0. The van der Waals surface area contributed by atoms with Crippen molar-refractivity contribution in [2.75, 3.05) is 6.61 Å². The van der Waals surface area contributed by atoms with E-state index in [0.29, 0.717) is 28.8 Å². The highest BCUT2D eigenvalue weighted by Crippen LogP contribution is 2.26. The number of ether oxygens (including phenoxy) is 1. The van der Waals surface area contributed by atoms with Gasteiger partial charge in [0, 0.05) is 18.2 Å². The first-order chi connectivity index (χ1) is 15.9. The molecule has 168 valence electrons. The van der Waals surface area contributed by atoms with Crippen molar-refractivity contribution < 1.29 is 14.3 Å². The minimum atomic E-state index is -0.589. The fourth-order valence-corrected chi connectivity index (χ4v) is 3.58. The molecule has 0 aliphatic rings. The second kappa shape index (κ2) is 9.65. The van der Waals surface area contributed by atoms with Crippen molar-refractivity contribution in [2.24, 2.45) is 0 Å². The standard InChI is InChI=1S/C26H26N4O3/c1-17(2)30-25-22(15-28-30)21(13-23(29-25)19-10-5-4-6-11-19)26(32)33-16-24(31)27-14-20-12-8-7-9-18(20)3/h4-13,15,17H,14,16H2,1-3H3,(H,27,31). The maximum absolute atomic E-state index is 13.0. The van der Waals surface area contributed by atoms with Gasteiger partial charge in [-0.25, -0.2) is 14.5 Å². The minimum absolute atomic E-state index is 0.0668. The molecular formula is C26H26N4O3. The Morgan fingerprint density at radius 2 is 1.79 bits per heavy atom. The molecule has 2 heterocycles. The van der Waals surface area contributed by atoms with Gasteiger partial charge in [0.2, 0.25) is 0 Å². The molecule has 0 spiro atoms. The van der Waals surface area contributed by atoms with E-state index in [1.807, 2.05) is 75.4 Å². The van der Waals surface area contributed by atoms with Crippen LogP contribution in [-0.2, 0) is 16.1 Å². The molecule has 0 saturated heterocycles. The van der Waals surface area contributed by atoms with Gasteiger partial charge in [-0.3, -0.25) is 4.79 Å². The summed E-state index contributed by atoms with van der Waals surface area (Å²) in [6.07, 6.45) is 1.62. The Kier molecular flexibility index (Phi) is 6.49. The molecule has 0 aliphatic heterocycles. The molecule has 4 rings (SSSR count). The van der Waals surface area contributed by atoms with E-state index in [9.17, 15) is 9.59 Å². The average molecular weight is 443 g/mol. The second-order valence-electron chi connectivity index (χ2n) is 8.12. The largest absolute Gasteiger partial charge is 0.452 e. The molecule has 33 heavy (non-hydrogen) atoms. The number of aryl methyl sites for hydroxylation is 1. The number of esters is 1. The smallest absolute Gasteiger partial charge is 0.339 e. The van der Waals surface area contributed by atoms with E-state index in [4.69, 9.17) is 9.72 Å². The van der Waals surface area contributed by atoms with Crippen LogP contribution in [0.2, 0.25) is 0 Å². The summed E-state index contributed by atoms with van der Waals surface area (Å²) < 4.78 is 7.13. The van der Waals surface area contributed by atoms with Crippen LogP contribution in [0.15, 0.2) is 66.9 Å². The highest BCUT2D eigenvalue weighted by atomic mass is 16.5. The molecule has 0 bridgehead atoms. The number of carbonyl (C=O) groups is 2. The molecule has 7 heteroatoms. The van der Waals surface area contributed by atoms with Crippen LogP contribution in [0.5, 0.6) is 0 Å². The molecule has 0 fully saturated rings. The molecule has 2 aromatic heterocycles. The highest BCUT2D eigenvalue weighted by Gasteiger charge is 2.20. The molecule has 2 aromatic carbocycles. The van der Waals surface area contributed by atoms with Gasteiger partial charge in [-0.1, -0.05) is 54.6 Å². The number of aromatic nitrogens is 3. The van der Waals surface area contributed by atoms with Gasteiger partial charge in [0.15, 0.2) is 12.3 Å². The summed E-state index contributed by atoms with van der Waals surface area (Å²) in [5.41, 5.74) is 4.55. The number of fused-ring (bicyclic) bond motifs is 1. The van der Waals surface area contributed by atoms with Gasteiger partial charge in [-0.2, -0.15) is 5.10 Å². The van der Waals surface area contributed by atoms with Crippen molar-refractivity contribution in [1.29, 1.82) is 0 Å². The fourth-order valence-electron chi connectivity index (χ4n) is 3.58. The molecule has 0 atom stereocenters. The predicted octanol–water partition coefficient (Wildman–Crippen LogP) is 4.46. The van der Waals surface area contributed by atoms with Gasteiger partial charge < -0.3 is 10.1 Å². The monoisotopic (exact) mass is 442 g/mol. The zero-order valence-corrected chi connectivity index (χ0v) is 18.9. The first-order valence-corrected chi connectivity index (χ1v) is 10.9. The fraction of sp³-hybridized carbons (Fsp3) is 0.231. The number of hydrogen-bond donors (Lipinski definition) is 1. The summed E-state index contributed by atoms with van der Waals surface area (Å²) in [5, 5.41) is 7.79.